The van der Waals surface area contributed by atoms with Crippen molar-refractivity contribution in [2.75, 3.05) is 5.32 Å². The Labute approximate surface area is 119 Å². The minimum atomic E-state index is -0.425. The average Bonchev–Trinajstić information content (AvgIpc) is 2.29. The van der Waals surface area contributed by atoms with Crippen LogP contribution in [0.25, 0.3) is 0 Å². The van der Waals surface area contributed by atoms with Crippen molar-refractivity contribution in [1.82, 2.24) is 0 Å². The first-order chi connectivity index (χ1) is 8.54. The van der Waals surface area contributed by atoms with Crippen LogP contribution in [0.2, 0.25) is 15.1 Å². The molecule has 18 heavy (non-hydrogen) atoms. The zero-order valence-corrected chi connectivity index (χ0v) is 11.5. The minimum absolute atomic E-state index is 0.110. The van der Waals surface area contributed by atoms with Crippen molar-refractivity contribution in [2.24, 2.45) is 0 Å². The van der Waals surface area contributed by atoms with Gasteiger partial charge in [-0.15, -0.1) is 0 Å². The summed E-state index contributed by atoms with van der Waals surface area (Å²) in [7, 11) is 0. The fraction of sp³-hybridized carbons (Fsp3) is 0.0769. The van der Waals surface area contributed by atoms with E-state index in [-0.39, 0.29) is 5.02 Å². The molecule has 0 unspecified atom stereocenters. The SMILES string of the molecule is Fc1ccc(CNc2cc(Cl)cc(Cl)c2)cc1Cl. The van der Waals surface area contributed by atoms with Gasteiger partial charge in [0.05, 0.1) is 5.02 Å². The van der Waals surface area contributed by atoms with E-state index >= 15 is 0 Å². The molecule has 0 saturated heterocycles. The van der Waals surface area contributed by atoms with Crippen LogP contribution in [0, 0.1) is 5.82 Å². The van der Waals surface area contributed by atoms with E-state index in [0.717, 1.165) is 11.3 Å². The maximum atomic E-state index is 13.0. The topological polar surface area (TPSA) is 12.0 Å². The molecule has 0 radical (unpaired) electrons. The quantitative estimate of drug-likeness (QED) is 0.800. The Hall–Kier alpha value is -0.960. The van der Waals surface area contributed by atoms with Crippen molar-refractivity contribution in [3.05, 3.63) is 62.8 Å². The van der Waals surface area contributed by atoms with Crippen LogP contribution in [-0.4, -0.2) is 0 Å². The molecule has 0 bridgehead atoms. The lowest BCUT2D eigenvalue weighted by atomic mass is 10.2. The van der Waals surface area contributed by atoms with Gasteiger partial charge in [0.1, 0.15) is 5.82 Å². The van der Waals surface area contributed by atoms with Crippen molar-refractivity contribution in [2.45, 2.75) is 6.54 Å². The normalized spacial score (nSPS) is 10.4. The maximum absolute atomic E-state index is 13.0. The predicted octanol–water partition coefficient (Wildman–Crippen LogP) is 5.40. The Bertz CT molecular complexity index is 552. The van der Waals surface area contributed by atoms with Crippen molar-refractivity contribution in [3.63, 3.8) is 0 Å². The Morgan fingerprint density at radius 3 is 2.22 bits per heavy atom. The van der Waals surface area contributed by atoms with Crippen LogP contribution in [-0.2, 0) is 6.54 Å². The van der Waals surface area contributed by atoms with E-state index in [2.05, 4.69) is 5.32 Å². The highest BCUT2D eigenvalue weighted by molar-refractivity contribution is 6.35. The van der Waals surface area contributed by atoms with Gasteiger partial charge < -0.3 is 5.32 Å². The van der Waals surface area contributed by atoms with Crippen LogP contribution in [0.5, 0.6) is 0 Å². The molecule has 0 aliphatic carbocycles. The molecule has 1 nitrogen and oxygen atoms in total. The van der Waals surface area contributed by atoms with Crippen LogP contribution < -0.4 is 5.32 Å². The van der Waals surface area contributed by atoms with E-state index in [0.29, 0.717) is 16.6 Å². The first-order valence-corrected chi connectivity index (χ1v) is 6.32. The molecule has 0 aliphatic rings. The summed E-state index contributed by atoms with van der Waals surface area (Å²) in [5.41, 5.74) is 1.67. The third-order valence-electron chi connectivity index (χ3n) is 2.34. The highest BCUT2D eigenvalue weighted by atomic mass is 35.5. The third kappa shape index (κ3) is 3.52. The van der Waals surface area contributed by atoms with Gasteiger partial charge in [-0.1, -0.05) is 40.9 Å². The van der Waals surface area contributed by atoms with Gasteiger partial charge in [0, 0.05) is 22.3 Å². The predicted molar refractivity (Wildman–Crippen MR) is 75.2 cm³/mol. The van der Waals surface area contributed by atoms with Crippen LogP contribution in [0.15, 0.2) is 36.4 Å². The Morgan fingerprint density at radius 2 is 1.61 bits per heavy atom. The first-order valence-electron chi connectivity index (χ1n) is 5.18. The second-order valence-electron chi connectivity index (χ2n) is 3.76. The highest BCUT2D eigenvalue weighted by Crippen LogP contribution is 2.23. The van der Waals surface area contributed by atoms with Gasteiger partial charge in [-0.05, 0) is 35.9 Å². The molecular formula is C13H9Cl3FN. The number of hydrogen-bond acceptors (Lipinski definition) is 1. The van der Waals surface area contributed by atoms with Gasteiger partial charge in [-0.2, -0.15) is 0 Å². The summed E-state index contributed by atoms with van der Waals surface area (Å²) < 4.78 is 13.0. The molecular weight excluding hydrogens is 296 g/mol. The minimum Gasteiger partial charge on any atom is -0.381 e. The zero-order chi connectivity index (χ0) is 13.1. The summed E-state index contributed by atoms with van der Waals surface area (Å²) in [5.74, 6) is -0.425. The molecule has 2 aromatic carbocycles. The Balaban J connectivity index is 2.08. The fourth-order valence-electron chi connectivity index (χ4n) is 1.51. The Morgan fingerprint density at radius 1 is 0.944 bits per heavy atom. The van der Waals surface area contributed by atoms with Gasteiger partial charge in [0.15, 0.2) is 0 Å². The van der Waals surface area contributed by atoms with Gasteiger partial charge in [-0.3, -0.25) is 0 Å². The van der Waals surface area contributed by atoms with Crippen molar-refractivity contribution in [3.8, 4) is 0 Å². The van der Waals surface area contributed by atoms with E-state index in [1.54, 1.807) is 30.3 Å². The summed E-state index contributed by atoms with van der Waals surface area (Å²) >= 11 is 17.5. The first kappa shape index (κ1) is 13.5. The molecule has 0 spiro atoms. The van der Waals surface area contributed by atoms with E-state index in [4.69, 9.17) is 34.8 Å². The number of anilines is 1. The van der Waals surface area contributed by atoms with Gasteiger partial charge >= 0.3 is 0 Å². The number of halogens is 4. The number of nitrogens with one attached hydrogen (secondary N) is 1. The fourth-order valence-corrected chi connectivity index (χ4v) is 2.24. The van der Waals surface area contributed by atoms with Gasteiger partial charge in [0.25, 0.3) is 0 Å². The van der Waals surface area contributed by atoms with Crippen LogP contribution in [0.3, 0.4) is 0 Å². The molecule has 0 saturated carbocycles. The van der Waals surface area contributed by atoms with Crippen LogP contribution >= 0.6 is 34.8 Å². The number of rotatable bonds is 3. The van der Waals surface area contributed by atoms with E-state index < -0.39 is 5.82 Å². The molecule has 94 valence electrons. The molecule has 2 aromatic rings. The summed E-state index contributed by atoms with van der Waals surface area (Å²) in [6, 6.07) is 9.76. The standard InChI is InChI=1S/C13H9Cl3FN/c14-9-4-10(15)6-11(5-9)18-7-8-1-2-13(17)12(16)3-8/h1-6,18H,7H2. The molecule has 0 aliphatic heterocycles. The summed E-state index contributed by atoms with van der Waals surface area (Å²) in [6.07, 6.45) is 0. The molecule has 1 N–H and O–H groups in total. The molecule has 0 heterocycles. The van der Waals surface area contributed by atoms with Gasteiger partial charge in [-0.25, -0.2) is 4.39 Å². The largest absolute Gasteiger partial charge is 0.381 e. The molecule has 0 aromatic heterocycles. The second-order valence-corrected chi connectivity index (χ2v) is 5.04. The van der Waals surface area contributed by atoms with Gasteiger partial charge in [0.2, 0.25) is 0 Å². The molecule has 0 fully saturated rings. The zero-order valence-electron chi connectivity index (χ0n) is 9.18. The smallest absolute Gasteiger partial charge is 0.141 e. The van der Waals surface area contributed by atoms with Crippen LogP contribution in [0.4, 0.5) is 10.1 Å². The van der Waals surface area contributed by atoms with E-state index in [1.165, 1.54) is 6.07 Å². The van der Waals surface area contributed by atoms with Crippen LogP contribution in [0.1, 0.15) is 5.56 Å². The lowest BCUT2D eigenvalue weighted by molar-refractivity contribution is 0.627. The summed E-state index contributed by atoms with van der Waals surface area (Å²) in [6.45, 7) is 0.511. The second kappa shape index (κ2) is 5.79. The highest BCUT2D eigenvalue weighted by Gasteiger charge is 2.02. The van der Waals surface area contributed by atoms with E-state index in [9.17, 15) is 4.39 Å². The summed E-state index contributed by atoms with van der Waals surface area (Å²) in [5, 5.41) is 4.36. The molecule has 0 atom stereocenters. The van der Waals surface area contributed by atoms with E-state index in [1.807, 2.05) is 0 Å². The van der Waals surface area contributed by atoms with Crippen molar-refractivity contribution in [1.29, 1.82) is 0 Å². The monoisotopic (exact) mass is 303 g/mol. The molecule has 0 amide bonds. The maximum Gasteiger partial charge on any atom is 0.141 e. The lowest BCUT2D eigenvalue weighted by Gasteiger charge is -2.08. The summed E-state index contributed by atoms with van der Waals surface area (Å²) in [4.78, 5) is 0. The molecule has 2 rings (SSSR count). The third-order valence-corrected chi connectivity index (χ3v) is 3.07. The number of benzene rings is 2. The molecule has 5 heteroatoms. The number of hydrogen-bond donors (Lipinski definition) is 1. The lowest BCUT2D eigenvalue weighted by Crippen LogP contribution is -1.99. The Kier molecular flexibility index (Phi) is 4.33. The van der Waals surface area contributed by atoms with Crippen molar-refractivity contribution >= 4 is 40.5 Å². The van der Waals surface area contributed by atoms with Crippen molar-refractivity contribution < 1.29 is 4.39 Å². The average molecular weight is 305 g/mol.